The fourth-order valence-corrected chi connectivity index (χ4v) is 4.33. The lowest BCUT2D eigenvalue weighted by Crippen LogP contribution is -2.32. The zero-order valence-corrected chi connectivity index (χ0v) is 16.2. The van der Waals surface area contributed by atoms with Gasteiger partial charge in [-0.25, -0.2) is 15.0 Å². The van der Waals surface area contributed by atoms with Gasteiger partial charge in [0.25, 0.3) is 0 Å². The Kier molecular flexibility index (Phi) is 4.37. The zero-order valence-electron chi connectivity index (χ0n) is 16.2. The molecule has 8 heteroatoms. The number of likely N-dealkylation sites (tertiary alicyclic amines) is 1. The van der Waals surface area contributed by atoms with Crippen LogP contribution in [0.3, 0.4) is 0 Å². The van der Waals surface area contributed by atoms with Crippen molar-refractivity contribution in [3.05, 3.63) is 54.9 Å². The van der Waals surface area contributed by atoms with E-state index < -0.39 is 0 Å². The topological polar surface area (TPSA) is 85.9 Å². The second kappa shape index (κ2) is 7.18. The first-order chi connectivity index (χ1) is 14.2. The summed E-state index contributed by atoms with van der Waals surface area (Å²) in [5.74, 6) is 2.02. The zero-order chi connectivity index (χ0) is 19.8. The number of anilines is 3. The highest BCUT2D eigenvalue weighted by molar-refractivity contribution is 5.54. The number of nitriles is 1. The number of hydrogen-bond donors (Lipinski definition) is 1. The molecule has 3 aromatic rings. The summed E-state index contributed by atoms with van der Waals surface area (Å²) in [6, 6.07) is 11.3. The van der Waals surface area contributed by atoms with E-state index in [1.807, 2.05) is 16.8 Å². The Morgan fingerprint density at radius 2 is 1.86 bits per heavy atom. The van der Waals surface area contributed by atoms with Crippen LogP contribution in [0.5, 0.6) is 0 Å². The van der Waals surface area contributed by atoms with Crippen molar-refractivity contribution in [1.82, 2.24) is 24.4 Å². The van der Waals surface area contributed by atoms with Gasteiger partial charge >= 0.3 is 0 Å². The second-order valence-corrected chi connectivity index (χ2v) is 7.71. The van der Waals surface area contributed by atoms with Crippen LogP contribution in [0.25, 0.3) is 5.69 Å². The maximum atomic E-state index is 8.80. The summed E-state index contributed by atoms with van der Waals surface area (Å²) in [4.78, 5) is 17.5. The molecule has 8 nitrogen and oxygen atoms in total. The summed E-state index contributed by atoms with van der Waals surface area (Å²) in [5.41, 5.74) is 2.62. The molecule has 0 spiro atoms. The van der Waals surface area contributed by atoms with Crippen molar-refractivity contribution < 1.29 is 0 Å². The molecule has 0 bridgehead atoms. The number of rotatable bonds is 4. The number of aromatic nitrogens is 4. The minimum absolute atomic E-state index is 0.287. The summed E-state index contributed by atoms with van der Waals surface area (Å²) in [6.45, 7) is 3.50. The molecule has 1 aromatic carbocycles. The van der Waals surface area contributed by atoms with Crippen molar-refractivity contribution in [2.75, 3.05) is 36.9 Å². The van der Waals surface area contributed by atoms with Crippen molar-refractivity contribution in [3.63, 3.8) is 0 Å². The minimum Gasteiger partial charge on any atom is -0.370 e. The Morgan fingerprint density at radius 1 is 1.03 bits per heavy atom. The van der Waals surface area contributed by atoms with Crippen molar-refractivity contribution in [1.29, 1.82) is 5.26 Å². The van der Waals surface area contributed by atoms with E-state index in [9.17, 15) is 0 Å². The molecule has 0 saturated carbocycles. The van der Waals surface area contributed by atoms with Crippen LogP contribution >= 0.6 is 0 Å². The molecule has 2 fully saturated rings. The lowest BCUT2D eigenvalue weighted by Gasteiger charge is -2.22. The van der Waals surface area contributed by atoms with Gasteiger partial charge in [-0.2, -0.15) is 5.26 Å². The van der Waals surface area contributed by atoms with E-state index in [0.29, 0.717) is 17.7 Å². The van der Waals surface area contributed by atoms with Gasteiger partial charge in [0, 0.05) is 30.5 Å². The third-order valence-electron chi connectivity index (χ3n) is 5.94. The van der Waals surface area contributed by atoms with Crippen LogP contribution < -0.4 is 10.2 Å². The summed E-state index contributed by atoms with van der Waals surface area (Å²) >= 11 is 0. The summed E-state index contributed by atoms with van der Waals surface area (Å²) in [5, 5.41) is 11.9. The maximum absolute atomic E-state index is 8.80. The van der Waals surface area contributed by atoms with Crippen LogP contribution in [0.2, 0.25) is 0 Å². The van der Waals surface area contributed by atoms with E-state index in [4.69, 9.17) is 5.26 Å². The molecule has 5 rings (SSSR count). The summed E-state index contributed by atoms with van der Waals surface area (Å²) < 4.78 is 1.97. The highest BCUT2D eigenvalue weighted by Crippen LogP contribution is 2.33. The fraction of sp³-hybridized carbons (Fsp3) is 0.333. The quantitative estimate of drug-likeness (QED) is 0.737. The summed E-state index contributed by atoms with van der Waals surface area (Å²) in [6.07, 6.45) is 7.94. The average molecular weight is 386 g/mol. The van der Waals surface area contributed by atoms with Gasteiger partial charge in [0.1, 0.15) is 24.0 Å². The first-order valence-corrected chi connectivity index (χ1v) is 9.78. The lowest BCUT2D eigenvalue weighted by molar-refractivity contribution is 0.310. The Bertz CT molecular complexity index is 1030. The van der Waals surface area contributed by atoms with Gasteiger partial charge < -0.3 is 19.7 Å². The maximum Gasteiger partial charge on any atom is 0.158 e. The second-order valence-electron chi connectivity index (χ2n) is 7.71. The van der Waals surface area contributed by atoms with Gasteiger partial charge in [-0.1, -0.05) is 0 Å². The van der Waals surface area contributed by atoms with Gasteiger partial charge in [-0.15, -0.1) is 0 Å². The summed E-state index contributed by atoms with van der Waals surface area (Å²) in [7, 11) is 2.24. The molecule has 2 unspecified atom stereocenters. The Morgan fingerprint density at radius 3 is 2.59 bits per heavy atom. The Balaban J connectivity index is 1.26. The fourth-order valence-electron chi connectivity index (χ4n) is 4.33. The molecule has 2 aliphatic rings. The molecule has 2 aromatic heterocycles. The predicted octanol–water partition coefficient (Wildman–Crippen LogP) is 2.42. The van der Waals surface area contributed by atoms with E-state index in [1.165, 1.54) is 31.0 Å². The van der Waals surface area contributed by atoms with Crippen LogP contribution in [0.1, 0.15) is 12.1 Å². The number of nitrogens with zero attached hydrogens (tertiary/aromatic N) is 7. The molecule has 0 amide bonds. The van der Waals surface area contributed by atoms with E-state index >= 15 is 0 Å². The molecule has 1 N–H and O–H groups in total. The third-order valence-corrected chi connectivity index (χ3v) is 5.94. The molecule has 29 heavy (non-hydrogen) atoms. The van der Waals surface area contributed by atoms with Crippen molar-refractivity contribution in [2.24, 2.45) is 5.92 Å². The number of imidazole rings is 1. The highest BCUT2D eigenvalue weighted by Gasteiger charge is 2.39. The van der Waals surface area contributed by atoms with Crippen LogP contribution in [0, 0.1) is 17.2 Å². The number of likely N-dealkylation sites (N-methyl/N-ethyl adjacent to an activating group) is 1. The molecular weight excluding hydrogens is 364 g/mol. The van der Waals surface area contributed by atoms with Gasteiger partial charge in [0.05, 0.1) is 18.6 Å². The largest absolute Gasteiger partial charge is 0.370 e. The predicted molar refractivity (Wildman–Crippen MR) is 110 cm³/mol. The van der Waals surface area contributed by atoms with Crippen LogP contribution in [-0.2, 0) is 0 Å². The monoisotopic (exact) mass is 386 g/mol. The third kappa shape index (κ3) is 3.41. The SMILES string of the molecule is CN1CCC2CN(c3ccc(-n4cnc(Nc5cnc(C#N)cn5)c4)cc3)CC21. The molecule has 0 radical (unpaired) electrons. The number of nitrogens with one attached hydrogen (secondary N) is 1. The van der Waals surface area contributed by atoms with Gasteiger partial charge in [0.2, 0.25) is 0 Å². The molecule has 4 heterocycles. The van der Waals surface area contributed by atoms with Crippen LogP contribution in [0.4, 0.5) is 17.3 Å². The number of benzene rings is 1. The standard InChI is InChI=1S/C21H22N8/c1-27-7-6-15-11-28(12-19(15)27)17-2-4-18(5-3-17)29-13-21(25-14-29)26-20-10-23-16(8-22)9-24-20/h2-5,9-10,13-15,19H,6-7,11-12H2,1H3,(H,24,26). The molecule has 146 valence electrons. The molecule has 0 aliphatic carbocycles. The van der Waals surface area contributed by atoms with Crippen molar-refractivity contribution in [2.45, 2.75) is 12.5 Å². The van der Waals surface area contributed by atoms with Crippen molar-refractivity contribution >= 4 is 17.3 Å². The normalized spacial score (nSPS) is 21.2. The van der Waals surface area contributed by atoms with E-state index in [2.05, 4.69) is 61.4 Å². The van der Waals surface area contributed by atoms with Crippen molar-refractivity contribution in [3.8, 4) is 11.8 Å². The molecule has 2 saturated heterocycles. The van der Waals surface area contributed by atoms with Crippen LogP contribution in [-0.4, -0.2) is 57.1 Å². The number of hydrogen-bond acceptors (Lipinski definition) is 7. The Hall–Kier alpha value is -3.44. The first kappa shape index (κ1) is 17.6. The smallest absolute Gasteiger partial charge is 0.158 e. The molecule has 2 atom stereocenters. The first-order valence-electron chi connectivity index (χ1n) is 9.78. The van der Waals surface area contributed by atoms with Gasteiger partial charge in [-0.3, -0.25) is 0 Å². The lowest BCUT2D eigenvalue weighted by atomic mass is 10.1. The Labute approximate surface area is 169 Å². The van der Waals surface area contributed by atoms with E-state index in [0.717, 1.165) is 24.7 Å². The average Bonchev–Trinajstić information content (AvgIpc) is 3.47. The van der Waals surface area contributed by atoms with Crippen LogP contribution in [0.15, 0.2) is 49.2 Å². The van der Waals surface area contributed by atoms with Gasteiger partial charge in [-0.05, 0) is 50.2 Å². The number of fused-ring (bicyclic) bond motifs is 1. The molecular formula is C21H22N8. The minimum atomic E-state index is 0.287. The van der Waals surface area contributed by atoms with E-state index in [-0.39, 0.29) is 5.69 Å². The molecule has 2 aliphatic heterocycles. The van der Waals surface area contributed by atoms with E-state index in [1.54, 1.807) is 6.33 Å². The highest BCUT2D eigenvalue weighted by atomic mass is 15.3. The van der Waals surface area contributed by atoms with Gasteiger partial charge in [0.15, 0.2) is 5.69 Å².